The molecule has 0 bridgehead atoms. The number of aryl methyl sites for hydroxylation is 1. The first kappa shape index (κ1) is 19.5. The van der Waals surface area contributed by atoms with E-state index in [4.69, 9.17) is 0 Å². The Morgan fingerprint density at radius 3 is 2.84 bits per heavy atom. The van der Waals surface area contributed by atoms with Crippen LogP contribution in [0.3, 0.4) is 0 Å². The van der Waals surface area contributed by atoms with Gasteiger partial charge in [0.15, 0.2) is 0 Å². The molecule has 1 aromatic carbocycles. The number of carbonyl (C=O) groups is 2. The minimum atomic E-state index is -0.381. The third kappa shape index (κ3) is 4.08. The van der Waals surface area contributed by atoms with E-state index in [2.05, 4.69) is 30.3 Å². The van der Waals surface area contributed by atoms with Crippen molar-refractivity contribution < 1.29 is 9.59 Å². The van der Waals surface area contributed by atoms with Crippen molar-refractivity contribution in [1.29, 1.82) is 0 Å². The molecule has 2 aliphatic heterocycles. The van der Waals surface area contributed by atoms with E-state index >= 15 is 0 Å². The number of anilines is 2. The molecule has 2 N–H and O–H groups in total. The third-order valence-corrected chi connectivity index (χ3v) is 6.06. The van der Waals surface area contributed by atoms with Crippen LogP contribution in [-0.2, 0) is 29.0 Å². The van der Waals surface area contributed by atoms with Crippen LogP contribution in [0.15, 0.2) is 36.7 Å². The largest absolute Gasteiger partial charge is 0.326 e. The number of H-pyrrole nitrogens is 1. The number of carbonyl (C=O) groups excluding carboxylic acids is 2. The second kappa shape index (κ2) is 8.33. The lowest BCUT2D eigenvalue weighted by atomic mass is 10.1. The van der Waals surface area contributed by atoms with E-state index in [1.807, 2.05) is 24.3 Å². The highest BCUT2D eigenvalue weighted by atomic mass is 16.2. The van der Waals surface area contributed by atoms with Crippen molar-refractivity contribution >= 4 is 23.2 Å². The lowest BCUT2D eigenvalue weighted by molar-refractivity contribution is -0.122. The smallest absolute Gasteiger partial charge is 0.229 e. The Labute approximate surface area is 179 Å². The predicted octanol–water partition coefficient (Wildman–Crippen LogP) is 2.31. The quantitative estimate of drug-likeness (QED) is 0.660. The maximum atomic E-state index is 12.7. The van der Waals surface area contributed by atoms with Gasteiger partial charge in [0.25, 0.3) is 0 Å². The molecule has 31 heavy (non-hydrogen) atoms. The van der Waals surface area contributed by atoms with E-state index in [0.29, 0.717) is 12.2 Å². The minimum absolute atomic E-state index is 0.0654. The monoisotopic (exact) mass is 419 g/mol. The first-order valence-corrected chi connectivity index (χ1v) is 10.8. The topological polar surface area (TPSA) is 109 Å². The summed E-state index contributed by atoms with van der Waals surface area (Å²) in [7, 11) is 0. The van der Waals surface area contributed by atoms with Gasteiger partial charge in [0.05, 0.1) is 17.8 Å². The average Bonchev–Trinajstić information content (AvgIpc) is 3.47. The van der Waals surface area contributed by atoms with Crippen LogP contribution < -0.4 is 10.2 Å². The zero-order chi connectivity index (χ0) is 21.2. The summed E-state index contributed by atoms with van der Waals surface area (Å²) in [4.78, 5) is 26.5. The van der Waals surface area contributed by atoms with E-state index in [9.17, 15) is 9.59 Å². The zero-order valence-corrected chi connectivity index (χ0v) is 17.3. The molecule has 2 aromatic heterocycles. The second-order valence-corrected chi connectivity index (χ2v) is 8.22. The van der Waals surface area contributed by atoms with Gasteiger partial charge in [-0.3, -0.25) is 14.7 Å². The van der Waals surface area contributed by atoms with E-state index < -0.39 is 0 Å². The van der Waals surface area contributed by atoms with Crippen molar-refractivity contribution in [2.45, 2.75) is 45.1 Å². The van der Waals surface area contributed by atoms with Gasteiger partial charge in [0.1, 0.15) is 11.6 Å². The standard InChI is InChI=1S/C22H25N7O2/c30-21-11-16(14-29(21)18-12-23-24-13-18)22(31)25-17-7-5-15(6-8-17)10-20-27-26-19-4-2-1-3-9-28(19)20/h5-8,12-13,16H,1-4,9-11,14H2,(H,23,24)(H,25,31). The second-order valence-electron chi connectivity index (χ2n) is 8.22. The summed E-state index contributed by atoms with van der Waals surface area (Å²) in [6.07, 6.45) is 8.76. The van der Waals surface area contributed by atoms with Gasteiger partial charge in [0.2, 0.25) is 11.8 Å². The number of aromatic amines is 1. The molecule has 1 unspecified atom stereocenters. The molecule has 4 heterocycles. The van der Waals surface area contributed by atoms with Crippen LogP contribution in [-0.4, -0.2) is 43.3 Å². The fraction of sp³-hybridized carbons (Fsp3) is 0.409. The number of nitrogens with zero attached hydrogens (tertiary/aromatic N) is 5. The predicted molar refractivity (Wildman–Crippen MR) is 115 cm³/mol. The van der Waals surface area contributed by atoms with Crippen LogP contribution in [0.4, 0.5) is 11.4 Å². The average molecular weight is 419 g/mol. The van der Waals surface area contributed by atoms with Crippen molar-refractivity contribution in [2.24, 2.45) is 5.92 Å². The van der Waals surface area contributed by atoms with Crippen LogP contribution in [0.5, 0.6) is 0 Å². The summed E-state index contributed by atoms with van der Waals surface area (Å²) in [5.74, 6) is 1.50. The van der Waals surface area contributed by atoms with Gasteiger partial charge >= 0.3 is 0 Å². The van der Waals surface area contributed by atoms with Gasteiger partial charge in [-0.25, -0.2) is 0 Å². The molecule has 1 fully saturated rings. The molecule has 160 valence electrons. The Bertz CT molecular complexity index is 1070. The van der Waals surface area contributed by atoms with Crippen LogP contribution in [0, 0.1) is 5.92 Å². The zero-order valence-electron chi connectivity index (χ0n) is 17.3. The molecule has 1 saturated heterocycles. The molecule has 2 aliphatic rings. The Morgan fingerprint density at radius 1 is 1.16 bits per heavy atom. The molecule has 5 rings (SSSR count). The molecule has 9 heteroatoms. The van der Waals surface area contributed by atoms with Crippen molar-refractivity contribution in [1.82, 2.24) is 25.0 Å². The lowest BCUT2D eigenvalue weighted by Gasteiger charge is -2.14. The highest BCUT2D eigenvalue weighted by Gasteiger charge is 2.35. The molecule has 1 atom stereocenters. The van der Waals surface area contributed by atoms with Gasteiger partial charge in [-0.2, -0.15) is 5.10 Å². The first-order valence-electron chi connectivity index (χ1n) is 10.8. The highest BCUT2D eigenvalue weighted by molar-refractivity contribution is 6.03. The van der Waals surface area contributed by atoms with E-state index in [1.54, 1.807) is 17.3 Å². The summed E-state index contributed by atoms with van der Waals surface area (Å²) in [6, 6.07) is 7.81. The number of benzene rings is 1. The van der Waals surface area contributed by atoms with Crippen LogP contribution >= 0.6 is 0 Å². The van der Waals surface area contributed by atoms with Crippen LogP contribution in [0.2, 0.25) is 0 Å². The first-order chi connectivity index (χ1) is 15.2. The number of amides is 2. The highest BCUT2D eigenvalue weighted by Crippen LogP contribution is 2.25. The maximum Gasteiger partial charge on any atom is 0.229 e. The number of aromatic nitrogens is 5. The molecule has 9 nitrogen and oxygen atoms in total. The number of fused-ring (bicyclic) bond motifs is 1. The SMILES string of the molecule is O=C(Nc1ccc(Cc2nnc3n2CCCCC3)cc1)C1CC(=O)N(c2cn[nH]c2)C1. The van der Waals surface area contributed by atoms with Gasteiger partial charge in [0, 0.05) is 44.2 Å². The summed E-state index contributed by atoms with van der Waals surface area (Å²) in [5.41, 5.74) is 2.54. The minimum Gasteiger partial charge on any atom is -0.326 e. The van der Waals surface area contributed by atoms with Gasteiger partial charge in [-0.15, -0.1) is 10.2 Å². The Balaban J connectivity index is 1.20. The Hall–Kier alpha value is -3.49. The molecule has 0 spiro atoms. The van der Waals surface area contributed by atoms with Gasteiger partial charge in [-0.1, -0.05) is 18.6 Å². The number of hydrogen-bond acceptors (Lipinski definition) is 5. The van der Waals surface area contributed by atoms with E-state index in [0.717, 1.165) is 42.3 Å². The molecule has 0 saturated carbocycles. The van der Waals surface area contributed by atoms with Crippen molar-refractivity contribution in [2.75, 3.05) is 16.8 Å². The Kier molecular flexibility index (Phi) is 5.23. The molecule has 0 aliphatic carbocycles. The van der Waals surface area contributed by atoms with Crippen molar-refractivity contribution in [3.05, 3.63) is 53.9 Å². The molecular formula is C22H25N7O2. The fourth-order valence-corrected chi connectivity index (χ4v) is 4.33. The van der Waals surface area contributed by atoms with E-state index in [1.165, 1.54) is 19.3 Å². The summed E-state index contributed by atoms with van der Waals surface area (Å²) in [5, 5.41) is 18.3. The fourth-order valence-electron chi connectivity index (χ4n) is 4.33. The summed E-state index contributed by atoms with van der Waals surface area (Å²) < 4.78 is 2.26. The maximum absolute atomic E-state index is 12.7. The van der Waals surface area contributed by atoms with Crippen molar-refractivity contribution in [3.63, 3.8) is 0 Å². The molecule has 0 radical (unpaired) electrons. The third-order valence-electron chi connectivity index (χ3n) is 6.06. The van der Waals surface area contributed by atoms with Gasteiger partial charge < -0.3 is 14.8 Å². The molecule has 3 aromatic rings. The van der Waals surface area contributed by atoms with E-state index in [-0.39, 0.29) is 24.2 Å². The Morgan fingerprint density at radius 2 is 2.03 bits per heavy atom. The van der Waals surface area contributed by atoms with Crippen LogP contribution in [0.25, 0.3) is 0 Å². The number of nitrogens with one attached hydrogen (secondary N) is 2. The molecular weight excluding hydrogens is 394 g/mol. The summed E-state index contributed by atoms with van der Waals surface area (Å²) >= 11 is 0. The molecule has 2 amide bonds. The number of rotatable bonds is 5. The van der Waals surface area contributed by atoms with Gasteiger partial charge in [-0.05, 0) is 30.5 Å². The number of hydrogen-bond donors (Lipinski definition) is 2. The van der Waals surface area contributed by atoms with Crippen LogP contribution in [0.1, 0.15) is 42.9 Å². The normalized spacial score (nSPS) is 18.6. The van der Waals surface area contributed by atoms with Crippen molar-refractivity contribution in [3.8, 4) is 0 Å². The summed E-state index contributed by atoms with van der Waals surface area (Å²) in [6.45, 7) is 1.35. The lowest BCUT2D eigenvalue weighted by Crippen LogP contribution is -2.27.